The van der Waals surface area contributed by atoms with Crippen molar-refractivity contribution in [2.75, 3.05) is 5.32 Å². The molecule has 1 aromatic carbocycles. The van der Waals surface area contributed by atoms with Crippen LogP contribution in [0.3, 0.4) is 0 Å². The summed E-state index contributed by atoms with van der Waals surface area (Å²) in [6.45, 7) is 0.806. The number of benzene rings is 1. The van der Waals surface area contributed by atoms with Gasteiger partial charge in [-0.3, -0.25) is 0 Å². The Balaban J connectivity index is 2.50. The molecule has 0 aliphatic carbocycles. The molecule has 2 rings (SSSR count). The van der Waals surface area contributed by atoms with Gasteiger partial charge in [-0.15, -0.1) is 0 Å². The van der Waals surface area contributed by atoms with Crippen LogP contribution in [-0.4, -0.2) is 5.11 Å². The van der Waals surface area contributed by atoms with E-state index in [1.807, 2.05) is 12.1 Å². The highest BCUT2D eigenvalue weighted by Crippen LogP contribution is 2.27. The topological polar surface area (TPSA) is 24.1 Å². The van der Waals surface area contributed by atoms with Crippen molar-refractivity contribution in [2.45, 2.75) is 6.54 Å². The molecule has 0 spiro atoms. The lowest BCUT2D eigenvalue weighted by molar-refractivity contribution is 0.907. The van der Waals surface area contributed by atoms with Crippen LogP contribution in [0.15, 0.2) is 22.7 Å². The van der Waals surface area contributed by atoms with Crippen LogP contribution >= 0.6 is 28.1 Å². The van der Waals surface area contributed by atoms with Crippen molar-refractivity contribution in [3.05, 3.63) is 28.2 Å². The molecule has 2 nitrogen and oxygen atoms in total. The smallest absolute Gasteiger partial charge is 0.171 e. The minimum Gasteiger partial charge on any atom is -0.358 e. The summed E-state index contributed by atoms with van der Waals surface area (Å²) in [5.74, 6) is 0. The third-order valence-electron chi connectivity index (χ3n) is 1.78. The van der Waals surface area contributed by atoms with E-state index in [9.17, 15) is 0 Å². The molecule has 0 aromatic heterocycles. The van der Waals surface area contributed by atoms with Gasteiger partial charge in [-0.1, -0.05) is 12.1 Å². The minimum absolute atomic E-state index is 0.689. The van der Waals surface area contributed by atoms with E-state index in [-0.39, 0.29) is 0 Å². The van der Waals surface area contributed by atoms with Gasteiger partial charge in [0.15, 0.2) is 5.11 Å². The molecule has 1 aliphatic heterocycles. The summed E-state index contributed by atoms with van der Waals surface area (Å²) >= 11 is 8.46. The maximum atomic E-state index is 5.00. The van der Waals surface area contributed by atoms with Crippen LogP contribution in [0.25, 0.3) is 0 Å². The second-order valence-electron chi connectivity index (χ2n) is 2.58. The summed E-state index contributed by atoms with van der Waals surface area (Å²) in [4.78, 5) is 0. The van der Waals surface area contributed by atoms with Crippen molar-refractivity contribution in [1.82, 2.24) is 5.32 Å². The monoisotopic (exact) mass is 242 g/mol. The summed E-state index contributed by atoms with van der Waals surface area (Å²) < 4.78 is 1.06. The predicted octanol–water partition coefficient (Wildman–Crippen LogP) is 2.25. The Morgan fingerprint density at radius 1 is 1.42 bits per heavy atom. The first-order chi connectivity index (χ1) is 5.77. The van der Waals surface area contributed by atoms with Crippen molar-refractivity contribution >= 4 is 38.9 Å². The van der Waals surface area contributed by atoms with Gasteiger partial charge in [-0.2, -0.15) is 0 Å². The lowest BCUT2D eigenvalue weighted by atomic mass is 10.1. The average Bonchev–Trinajstić information content (AvgIpc) is 2.07. The van der Waals surface area contributed by atoms with E-state index in [0.29, 0.717) is 5.11 Å². The second-order valence-corrected chi connectivity index (χ2v) is 3.84. The summed E-state index contributed by atoms with van der Waals surface area (Å²) in [6.07, 6.45) is 0. The molecule has 0 radical (unpaired) electrons. The van der Waals surface area contributed by atoms with Gasteiger partial charge < -0.3 is 10.6 Å². The quantitative estimate of drug-likeness (QED) is 0.683. The van der Waals surface area contributed by atoms with Crippen molar-refractivity contribution in [3.63, 3.8) is 0 Å². The van der Waals surface area contributed by atoms with Gasteiger partial charge in [0.2, 0.25) is 0 Å². The molecule has 62 valence electrons. The Bertz CT molecular complexity index is 338. The standard InChI is InChI=1S/C8H7BrN2S/c9-6-3-1-2-5-4-10-8(12)11-7(5)6/h1-3H,4H2,(H2,10,11,12). The summed E-state index contributed by atoms with van der Waals surface area (Å²) in [7, 11) is 0. The number of thiocarbonyl (C=S) groups is 1. The van der Waals surface area contributed by atoms with Crippen LogP contribution in [0.5, 0.6) is 0 Å². The van der Waals surface area contributed by atoms with Crippen LogP contribution in [0.2, 0.25) is 0 Å². The number of anilines is 1. The Morgan fingerprint density at radius 2 is 2.25 bits per heavy atom. The Morgan fingerprint density at radius 3 is 3.08 bits per heavy atom. The number of hydrogen-bond acceptors (Lipinski definition) is 1. The van der Waals surface area contributed by atoms with E-state index in [1.54, 1.807) is 0 Å². The van der Waals surface area contributed by atoms with E-state index in [2.05, 4.69) is 32.6 Å². The molecule has 0 fully saturated rings. The van der Waals surface area contributed by atoms with Gasteiger partial charge in [0.05, 0.1) is 5.69 Å². The van der Waals surface area contributed by atoms with Gasteiger partial charge in [0.25, 0.3) is 0 Å². The fraction of sp³-hybridized carbons (Fsp3) is 0.125. The van der Waals surface area contributed by atoms with E-state index in [0.717, 1.165) is 16.7 Å². The Hall–Kier alpha value is -0.610. The van der Waals surface area contributed by atoms with Crippen LogP contribution in [0, 0.1) is 0 Å². The zero-order valence-electron chi connectivity index (χ0n) is 6.23. The minimum atomic E-state index is 0.689. The fourth-order valence-electron chi connectivity index (χ4n) is 1.19. The predicted molar refractivity (Wildman–Crippen MR) is 57.2 cm³/mol. The SMILES string of the molecule is S=C1NCc2cccc(Br)c2N1. The molecule has 2 N–H and O–H groups in total. The fourth-order valence-corrected chi connectivity index (χ4v) is 1.87. The first-order valence-corrected chi connectivity index (χ1v) is 4.80. The normalized spacial score (nSPS) is 14.6. The maximum absolute atomic E-state index is 5.00. The molecule has 1 aliphatic rings. The summed E-state index contributed by atoms with van der Waals surface area (Å²) in [5, 5.41) is 6.86. The van der Waals surface area contributed by atoms with Crippen LogP contribution in [0.1, 0.15) is 5.56 Å². The number of halogens is 1. The molecule has 0 saturated heterocycles. The molecular weight excluding hydrogens is 236 g/mol. The number of rotatable bonds is 0. The molecule has 1 aromatic rings. The van der Waals surface area contributed by atoms with Gasteiger partial charge in [0.1, 0.15) is 0 Å². The highest BCUT2D eigenvalue weighted by molar-refractivity contribution is 9.10. The van der Waals surface area contributed by atoms with Gasteiger partial charge in [-0.25, -0.2) is 0 Å². The second kappa shape index (κ2) is 3.03. The van der Waals surface area contributed by atoms with E-state index >= 15 is 0 Å². The molecule has 4 heteroatoms. The van der Waals surface area contributed by atoms with Crippen LogP contribution in [-0.2, 0) is 6.54 Å². The molecule has 0 unspecified atom stereocenters. The first-order valence-electron chi connectivity index (χ1n) is 3.59. The number of nitrogens with one attached hydrogen (secondary N) is 2. The number of hydrogen-bond donors (Lipinski definition) is 2. The van der Waals surface area contributed by atoms with E-state index in [1.165, 1.54) is 5.56 Å². The highest BCUT2D eigenvalue weighted by Gasteiger charge is 2.12. The number of para-hydroxylation sites is 1. The lowest BCUT2D eigenvalue weighted by Gasteiger charge is -2.21. The zero-order valence-corrected chi connectivity index (χ0v) is 8.63. The third kappa shape index (κ3) is 1.32. The number of fused-ring (bicyclic) bond motifs is 1. The molecule has 1 heterocycles. The molecule has 0 atom stereocenters. The van der Waals surface area contributed by atoms with Crippen LogP contribution in [0.4, 0.5) is 5.69 Å². The third-order valence-corrected chi connectivity index (χ3v) is 2.69. The molecule has 0 amide bonds. The lowest BCUT2D eigenvalue weighted by Crippen LogP contribution is -2.33. The van der Waals surface area contributed by atoms with Crippen molar-refractivity contribution in [3.8, 4) is 0 Å². The first kappa shape index (κ1) is 8.01. The van der Waals surface area contributed by atoms with E-state index in [4.69, 9.17) is 12.2 Å². The maximum Gasteiger partial charge on any atom is 0.171 e. The Labute approximate surface area is 84.5 Å². The highest BCUT2D eigenvalue weighted by atomic mass is 79.9. The molecule has 0 bridgehead atoms. The molecular formula is C8H7BrN2S. The Kier molecular flexibility index (Phi) is 2.02. The van der Waals surface area contributed by atoms with Crippen LogP contribution < -0.4 is 10.6 Å². The van der Waals surface area contributed by atoms with Crippen molar-refractivity contribution in [1.29, 1.82) is 0 Å². The summed E-state index contributed by atoms with van der Waals surface area (Å²) in [5.41, 5.74) is 2.32. The van der Waals surface area contributed by atoms with E-state index < -0.39 is 0 Å². The van der Waals surface area contributed by atoms with Crippen molar-refractivity contribution in [2.24, 2.45) is 0 Å². The average molecular weight is 243 g/mol. The largest absolute Gasteiger partial charge is 0.358 e. The van der Waals surface area contributed by atoms with Gasteiger partial charge in [0, 0.05) is 11.0 Å². The van der Waals surface area contributed by atoms with Gasteiger partial charge >= 0.3 is 0 Å². The van der Waals surface area contributed by atoms with Gasteiger partial charge in [-0.05, 0) is 39.8 Å². The molecule has 0 saturated carbocycles. The van der Waals surface area contributed by atoms with Crippen molar-refractivity contribution < 1.29 is 0 Å². The summed E-state index contributed by atoms with van der Waals surface area (Å²) in [6, 6.07) is 6.09. The molecule has 12 heavy (non-hydrogen) atoms. The zero-order chi connectivity index (χ0) is 8.55.